The normalized spacial score (nSPS) is 18.0. The van der Waals surface area contributed by atoms with Gasteiger partial charge in [-0.2, -0.15) is 0 Å². The second-order valence-electron chi connectivity index (χ2n) is 9.43. The van der Waals surface area contributed by atoms with Crippen molar-refractivity contribution in [1.82, 2.24) is 30.1 Å². The van der Waals surface area contributed by atoms with Crippen LogP contribution < -0.4 is 5.56 Å². The summed E-state index contributed by atoms with van der Waals surface area (Å²) in [5.74, 6) is 1.27. The van der Waals surface area contributed by atoms with Crippen molar-refractivity contribution in [2.75, 3.05) is 13.1 Å². The monoisotopic (exact) mass is 442 g/mol. The van der Waals surface area contributed by atoms with Gasteiger partial charge in [0.1, 0.15) is 6.04 Å². The topological polar surface area (TPSA) is 79.7 Å². The molecule has 4 aromatic rings. The van der Waals surface area contributed by atoms with E-state index in [1.807, 2.05) is 35.9 Å². The molecule has 1 N–H and O–H groups in total. The van der Waals surface area contributed by atoms with Gasteiger partial charge in [0.05, 0.1) is 12.1 Å². The lowest BCUT2D eigenvalue weighted by atomic mass is 9.95. The molecule has 1 aliphatic heterocycles. The number of aryl methyl sites for hydroxylation is 2. The number of hydrogen-bond acceptors (Lipinski definition) is 5. The van der Waals surface area contributed by atoms with E-state index in [-0.39, 0.29) is 11.6 Å². The number of nitrogens with one attached hydrogen (secondary N) is 1. The van der Waals surface area contributed by atoms with Crippen molar-refractivity contribution in [2.24, 2.45) is 5.92 Å². The highest BCUT2D eigenvalue weighted by Crippen LogP contribution is 2.31. The van der Waals surface area contributed by atoms with Gasteiger partial charge in [-0.15, -0.1) is 5.10 Å². The maximum atomic E-state index is 13.4. The molecule has 3 heterocycles. The molecular weight excluding hydrogens is 412 g/mol. The van der Waals surface area contributed by atoms with Gasteiger partial charge >= 0.3 is 0 Å². The molecule has 170 valence electrons. The third-order valence-corrected chi connectivity index (χ3v) is 6.65. The molecule has 1 fully saturated rings. The lowest BCUT2D eigenvalue weighted by Gasteiger charge is -2.36. The first-order valence-corrected chi connectivity index (χ1v) is 11.7. The highest BCUT2D eigenvalue weighted by atomic mass is 16.1. The van der Waals surface area contributed by atoms with E-state index in [2.05, 4.69) is 63.5 Å². The second kappa shape index (κ2) is 8.90. The summed E-state index contributed by atoms with van der Waals surface area (Å²) in [6, 6.07) is 16.1. The number of rotatable bonds is 5. The molecule has 1 aliphatic rings. The van der Waals surface area contributed by atoms with Crippen LogP contribution in [0.25, 0.3) is 10.9 Å². The Balaban J connectivity index is 1.65. The van der Waals surface area contributed by atoms with Gasteiger partial charge in [0.15, 0.2) is 5.82 Å². The van der Waals surface area contributed by atoms with Gasteiger partial charge < -0.3 is 4.98 Å². The van der Waals surface area contributed by atoms with Crippen molar-refractivity contribution in [3.05, 3.63) is 87.0 Å². The fourth-order valence-corrected chi connectivity index (χ4v) is 5.14. The van der Waals surface area contributed by atoms with Crippen LogP contribution in [0.2, 0.25) is 0 Å². The zero-order chi connectivity index (χ0) is 22.9. The van der Waals surface area contributed by atoms with Gasteiger partial charge in [-0.3, -0.25) is 9.69 Å². The van der Waals surface area contributed by atoms with Crippen LogP contribution in [0.15, 0.2) is 53.3 Å². The van der Waals surface area contributed by atoms with Crippen LogP contribution in [0.4, 0.5) is 0 Å². The fraction of sp³-hybridized carbons (Fsp3) is 0.385. The van der Waals surface area contributed by atoms with E-state index in [1.54, 1.807) is 0 Å². The Morgan fingerprint density at radius 2 is 1.97 bits per heavy atom. The van der Waals surface area contributed by atoms with E-state index in [4.69, 9.17) is 0 Å². The second-order valence-corrected chi connectivity index (χ2v) is 9.43. The number of aromatic amines is 1. The summed E-state index contributed by atoms with van der Waals surface area (Å²) in [7, 11) is 0. The maximum absolute atomic E-state index is 13.4. The highest BCUT2D eigenvalue weighted by Gasteiger charge is 2.32. The molecule has 0 bridgehead atoms. The number of aromatic nitrogens is 5. The van der Waals surface area contributed by atoms with Crippen molar-refractivity contribution in [1.29, 1.82) is 0 Å². The van der Waals surface area contributed by atoms with E-state index < -0.39 is 0 Å². The molecule has 1 saturated heterocycles. The third-order valence-electron chi connectivity index (χ3n) is 6.65. The molecule has 0 aliphatic carbocycles. The number of tetrazole rings is 1. The van der Waals surface area contributed by atoms with Gasteiger partial charge in [-0.1, -0.05) is 48.9 Å². The van der Waals surface area contributed by atoms with Crippen molar-refractivity contribution < 1.29 is 0 Å². The number of nitrogens with zero attached hydrogens (tertiary/aromatic N) is 5. The minimum atomic E-state index is -0.305. The number of pyridine rings is 1. The molecule has 7 heteroatoms. The van der Waals surface area contributed by atoms with Crippen LogP contribution >= 0.6 is 0 Å². The first-order chi connectivity index (χ1) is 16.0. The predicted octanol–water partition coefficient (Wildman–Crippen LogP) is 4.00. The number of hydrogen-bond donors (Lipinski definition) is 1. The lowest BCUT2D eigenvalue weighted by Crippen LogP contribution is -2.41. The highest BCUT2D eigenvalue weighted by molar-refractivity contribution is 5.83. The van der Waals surface area contributed by atoms with E-state index in [0.29, 0.717) is 23.9 Å². The van der Waals surface area contributed by atoms with Gasteiger partial charge in [-0.25, -0.2) is 4.68 Å². The lowest BCUT2D eigenvalue weighted by molar-refractivity contribution is 0.141. The first-order valence-electron chi connectivity index (χ1n) is 11.7. The van der Waals surface area contributed by atoms with Crippen LogP contribution in [-0.4, -0.2) is 43.2 Å². The first kappa shape index (κ1) is 21.5. The summed E-state index contributed by atoms with van der Waals surface area (Å²) < 4.78 is 1.84. The molecule has 0 amide bonds. The summed E-state index contributed by atoms with van der Waals surface area (Å²) >= 11 is 0. The molecule has 2 atom stereocenters. The smallest absolute Gasteiger partial charge is 0.253 e. The zero-order valence-electron chi connectivity index (χ0n) is 19.5. The molecule has 0 spiro atoms. The molecule has 5 rings (SSSR count). The molecule has 2 aromatic carbocycles. The Hall–Kier alpha value is -3.32. The van der Waals surface area contributed by atoms with Crippen LogP contribution in [-0.2, 0) is 6.54 Å². The molecule has 0 unspecified atom stereocenters. The van der Waals surface area contributed by atoms with Crippen LogP contribution in [0.3, 0.4) is 0 Å². The standard InChI is InChI=1S/C26H30N6O/c1-17-8-7-11-31(15-17)24(25-28-29-30-32(25)16-20-9-5-4-6-10-20)22-14-21-13-18(2)12-19(3)23(21)27-26(22)33/h4-6,9-10,12-14,17,24H,7-8,11,15-16H2,1-3H3,(H,27,33)/t17-,24-/m1/s1. The molecule has 33 heavy (non-hydrogen) atoms. The Labute approximate surface area is 193 Å². The molecule has 0 radical (unpaired) electrons. The summed E-state index contributed by atoms with van der Waals surface area (Å²) in [6.45, 7) is 8.78. The van der Waals surface area contributed by atoms with E-state index >= 15 is 0 Å². The van der Waals surface area contributed by atoms with E-state index in [1.165, 1.54) is 12.0 Å². The molecule has 7 nitrogen and oxygen atoms in total. The van der Waals surface area contributed by atoms with Gasteiger partial charge in [0, 0.05) is 12.1 Å². The average Bonchev–Trinajstić information content (AvgIpc) is 3.23. The minimum absolute atomic E-state index is 0.0769. The van der Waals surface area contributed by atoms with Crippen molar-refractivity contribution >= 4 is 10.9 Å². The zero-order valence-corrected chi connectivity index (χ0v) is 19.5. The van der Waals surface area contributed by atoms with Crippen LogP contribution in [0, 0.1) is 19.8 Å². The summed E-state index contributed by atoms with van der Waals surface area (Å²) in [5, 5.41) is 13.8. The Morgan fingerprint density at radius 1 is 1.15 bits per heavy atom. The molecule has 0 saturated carbocycles. The van der Waals surface area contributed by atoms with Crippen molar-refractivity contribution in [2.45, 2.75) is 46.2 Å². The maximum Gasteiger partial charge on any atom is 0.253 e. The third kappa shape index (κ3) is 4.33. The number of benzene rings is 2. The molecule has 2 aromatic heterocycles. The SMILES string of the molecule is Cc1cc(C)c2[nH]c(=O)c([C@H](c3nnnn3Cc3ccccc3)N3CCC[C@@H](C)C3)cc2c1. The number of likely N-dealkylation sites (tertiary alicyclic amines) is 1. The Bertz CT molecular complexity index is 1330. The van der Waals surface area contributed by atoms with Crippen molar-refractivity contribution in [3.8, 4) is 0 Å². The minimum Gasteiger partial charge on any atom is -0.321 e. The van der Waals surface area contributed by atoms with Gasteiger partial charge in [-0.05, 0) is 78.2 Å². The summed E-state index contributed by atoms with van der Waals surface area (Å²) in [4.78, 5) is 19.0. The van der Waals surface area contributed by atoms with Crippen LogP contribution in [0.5, 0.6) is 0 Å². The summed E-state index contributed by atoms with van der Waals surface area (Å²) in [5.41, 5.74) is 4.89. The van der Waals surface area contributed by atoms with E-state index in [0.717, 1.165) is 41.5 Å². The van der Waals surface area contributed by atoms with Crippen LogP contribution in [0.1, 0.15) is 53.9 Å². The number of piperidine rings is 1. The largest absolute Gasteiger partial charge is 0.321 e. The average molecular weight is 443 g/mol. The number of H-pyrrole nitrogens is 1. The van der Waals surface area contributed by atoms with Crippen molar-refractivity contribution in [3.63, 3.8) is 0 Å². The summed E-state index contributed by atoms with van der Waals surface area (Å²) in [6.07, 6.45) is 2.30. The fourth-order valence-electron chi connectivity index (χ4n) is 5.14. The number of fused-ring (bicyclic) bond motifs is 1. The molecular formula is C26H30N6O. The van der Waals surface area contributed by atoms with Gasteiger partial charge in [0.2, 0.25) is 0 Å². The Kier molecular flexibility index (Phi) is 5.81. The Morgan fingerprint density at radius 3 is 2.76 bits per heavy atom. The van der Waals surface area contributed by atoms with E-state index in [9.17, 15) is 4.79 Å². The quantitative estimate of drug-likeness (QED) is 0.505. The predicted molar refractivity (Wildman–Crippen MR) is 129 cm³/mol. The van der Waals surface area contributed by atoms with Gasteiger partial charge in [0.25, 0.3) is 5.56 Å².